The average molecular weight is 324 g/mol. The maximum atomic E-state index is 12.0. The number of carbonyl (C=O) groups excluding carboxylic acids is 1. The van der Waals surface area contributed by atoms with Crippen molar-refractivity contribution in [2.45, 2.75) is 64.1 Å². The second-order valence-corrected chi connectivity index (χ2v) is 6.13. The van der Waals surface area contributed by atoms with E-state index in [4.69, 9.17) is 5.11 Å². The summed E-state index contributed by atoms with van der Waals surface area (Å²) in [5.74, 6) is -1.23. The third kappa shape index (κ3) is 7.10. The molecule has 0 amide bonds. The summed E-state index contributed by atoms with van der Waals surface area (Å²) in [6, 6.07) is 0. The molecule has 0 aliphatic heterocycles. The molecular formula is C18H28O5. The fraction of sp³-hybridized carbons (Fsp3) is 0.667. The lowest BCUT2D eigenvalue weighted by Gasteiger charge is -2.16. The number of hydrogen-bond donors (Lipinski definition) is 3. The molecular weight excluding hydrogens is 296 g/mol. The van der Waals surface area contributed by atoms with Crippen LogP contribution in [0, 0.1) is 11.8 Å². The van der Waals surface area contributed by atoms with E-state index in [-0.39, 0.29) is 30.5 Å². The van der Waals surface area contributed by atoms with Crippen molar-refractivity contribution in [1.82, 2.24) is 0 Å². The zero-order valence-electron chi connectivity index (χ0n) is 13.7. The Bertz CT molecular complexity index is 441. The second kappa shape index (κ2) is 10.3. The summed E-state index contributed by atoms with van der Waals surface area (Å²) in [4.78, 5) is 22.4. The van der Waals surface area contributed by atoms with Gasteiger partial charge in [0.2, 0.25) is 0 Å². The Morgan fingerprint density at radius 3 is 2.74 bits per heavy atom. The van der Waals surface area contributed by atoms with Crippen molar-refractivity contribution in [2.24, 2.45) is 11.8 Å². The highest BCUT2D eigenvalue weighted by Crippen LogP contribution is 2.33. The number of rotatable bonds is 10. The van der Waals surface area contributed by atoms with E-state index in [0.29, 0.717) is 25.7 Å². The van der Waals surface area contributed by atoms with Crippen LogP contribution < -0.4 is 0 Å². The number of Topliss-reactive ketones (excluding diaryl/α,β-unsaturated/α-hetero) is 1. The number of carbonyl (C=O) groups is 2. The van der Waals surface area contributed by atoms with Gasteiger partial charge < -0.3 is 15.3 Å². The summed E-state index contributed by atoms with van der Waals surface area (Å²) < 4.78 is 0. The second-order valence-electron chi connectivity index (χ2n) is 6.13. The molecule has 23 heavy (non-hydrogen) atoms. The number of unbranched alkanes of at least 4 members (excludes halogenated alkanes) is 1. The summed E-state index contributed by atoms with van der Waals surface area (Å²) in [6.45, 7) is 2.03. The molecule has 1 saturated carbocycles. The summed E-state index contributed by atoms with van der Waals surface area (Å²) in [6.07, 6.45) is 9.49. The Morgan fingerprint density at radius 1 is 1.35 bits per heavy atom. The SMILES string of the molecule is CC/C=C\C[C@@H]1C(=O)C[C@H](O)[C@@H]1/C=C/[C@@H](O)CCCCC(=O)O. The Labute approximate surface area is 137 Å². The Balaban J connectivity index is 2.48. The number of aliphatic hydroxyl groups excluding tert-OH is 2. The van der Waals surface area contributed by atoms with Gasteiger partial charge in [0, 0.05) is 24.7 Å². The van der Waals surface area contributed by atoms with Crippen LogP contribution in [0.5, 0.6) is 0 Å². The zero-order valence-corrected chi connectivity index (χ0v) is 13.7. The third-order valence-corrected chi connectivity index (χ3v) is 4.22. The van der Waals surface area contributed by atoms with Crippen molar-refractivity contribution in [2.75, 3.05) is 0 Å². The molecule has 1 aliphatic rings. The predicted octanol–water partition coefficient (Wildman–Crippen LogP) is 2.47. The van der Waals surface area contributed by atoms with Crippen LogP contribution in [-0.4, -0.2) is 39.3 Å². The van der Waals surface area contributed by atoms with E-state index in [1.54, 1.807) is 12.2 Å². The van der Waals surface area contributed by atoms with Gasteiger partial charge in [-0.25, -0.2) is 0 Å². The largest absolute Gasteiger partial charge is 0.481 e. The number of ketones is 1. The highest BCUT2D eigenvalue weighted by atomic mass is 16.4. The van der Waals surface area contributed by atoms with E-state index < -0.39 is 18.2 Å². The van der Waals surface area contributed by atoms with Crippen LogP contribution in [0.2, 0.25) is 0 Å². The van der Waals surface area contributed by atoms with Crippen LogP contribution in [0.15, 0.2) is 24.3 Å². The first-order chi connectivity index (χ1) is 11.0. The van der Waals surface area contributed by atoms with Crippen LogP contribution in [0.25, 0.3) is 0 Å². The lowest BCUT2D eigenvalue weighted by Crippen LogP contribution is -2.18. The van der Waals surface area contributed by atoms with Crippen LogP contribution in [0.4, 0.5) is 0 Å². The van der Waals surface area contributed by atoms with Crippen LogP contribution in [0.3, 0.4) is 0 Å². The first-order valence-electron chi connectivity index (χ1n) is 8.39. The van der Waals surface area contributed by atoms with E-state index in [1.165, 1.54) is 0 Å². The Morgan fingerprint density at radius 2 is 2.09 bits per heavy atom. The average Bonchev–Trinajstić information content (AvgIpc) is 2.75. The molecule has 5 nitrogen and oxygen atoms in total. The molecule has 0 bridgehead atoms. The van der Waals surface area contributed by atoms with Crippen LogP contribution >= 0.6 is 0 Å². The molecule has 0 aromatic carbocycles. The molecule has 0 aromatic heterocycles. The van der Waals surface area contributed by atoms with Crippen molar-refractivity contribution in [3.05, 3.63) is 24.3 Å². The fourth-order valence-corrected chi connectivity index (χ4v) is 2.92. The van der Waals surface area contributed by atoms with Crippen LogP contribution in [-0.2, 0) is 9.59 Å². The summed E-state index contributed by atoms with van der Waals surface area (Å²) in [7, 11) is 0. The van der Waals surface area contributed by atoms with Gasteiger partial charge in [-0.05, 0) is 32.1 Å². The molecule has 0 radical (unpaired) electrons. The lowest BCUT2D eigenvalue weighted by atomic mass is 9.90. The van der Waals surface area contributed by atoms with Crippen molar-refractivity contribution in [1.29, 1.82) is 0 Å². The highest BCUT2D eigenvalue weighted by Gasteiger charge is 2.39. The molecule has 4 atom stereocenters. The van der Waals surface area contributed by atoms with E-state index in [9.17, 15) is 19.8 Å². The monoisotopic (exact) mass is 324 g/mol. The first-order valence-corrected chi connectivity index (χ1v) is 8.39. The maximum Gasteiger partial charge on any atom is 0.303 e. The lowest BCUT2D eigenvalue weighted by molar-refractivity contribution is -0.137. The topological polar surface area (TPSA) is 94.8 Å². The first kappa shape index (κ1) is 19.6. The molecule has 1 aliphatic carbocycles. The molecule has 0 saturated heterocycles. The predicted molar refractivity (Wildman–Crippen MR) is 87.9 cm³/mol. The number of allylic oxidation sites excluding steroid dienone is 2. The van der Waals surface area contributed by atoms with Gasteiger partial charge in [-0.15, -0.1) is 0 Å². The van der Waals surface area contributed by atoms with Gasteiger partial charge in [-0.1, -0.05) is 31.2 Å². The van der Waals surface area contributed by atoms with Crippen molar-refractivity contribution >= 4 is 11.8 Å². The Hall–Kier alpha value is -1.46. The van der Waals surface area contributed by atoms with Gasteiger partial charge >= 0.3 is 5.97 Å². The van der Waals surface area contributed by atoms with E-state index >= 15 is 0 Å². The smallest absolute Gasteiger partial charge is 0.303 e. The molecule has 1 rings (SSSR count). The summed E-state index contributed by atoms with van der Waals surface area (Å²) in [5, 5.41) is 28.5. The molecule has 130 valence electrons. The van der Waals surface area contributed by atoms with Gasteiger partial charge in [-0.3, -0.25) is 9.59 Å². The van der Waals surface area contributed by atoms with Crippen molar-refractivity contribution in [3.63, 3.8) is 0 Å². The number of aliphatic carboxylic acids is 1. The Kier molecular flexibility index (Phi) is 8.81. The van der Waals surface area contributed by atoms with Gasteiger partial charge in [-0.2, -0.15) is 0 Å². The molecule has 1 fully saturated rings. The maximum absolute atomic E-state index is 12.0. The molecule has 0 aromatic rings. The van der Waals surface area contributed by atoms with E-state index in [0.717, 1.165) is 6.42 Å². The summed E-state index contributed by atoms with van der Waals surface area (Å²) >= 11 is 0. The summed E-state index contributed by atoms with van der Waals surface area (Å²) in [5.41, 5.74) is 0. The number of carboxylic acid groups (broad SMARTS) is 1. The van der Waals surface area contributed by atoms with Crippen LogP contribution in [0.1, 0.15) is 51.9 Å². The number of aliphatic hydroxyl groups is 2. The van der Waals surface area contributed by atoms with Gasteiger partial charge in [0.15, 0.2) is 0 Å². The van der Waals surface area contributed by atoms with Crippen molar-refractivity contribution in [3.8, 4) is 0 Å². The number of hydrogen-bond acceptors (Lipinski definition) is 4. The van der Waals surface area contributed by atoms with Gasteiger partial charge in [0.1, 0.15) is 5.78 Å². The quantitative estimate of drug-likeness (QED) is 0.424. The zero-order chi connectivity index (χ0) is 17.2. The molecule has 0 unspecified atom stereocenters. The van der Waals surface area contributed by atoms with Gasteiger partial charge in [0.25, 0.3) is 0 Å². The minimum atomic E-state index is -0.828. The standard InChI is InChI=1S/C18H28O5/c1-2-3-4-8-14-15(17(21)12-16(14)20)11-10-13(19)7-5-6-9-18(22)23/h3-4,10-11,13-15,17,19,21H,2,5-9,12H2,1H3,(H,22,23)/b4-3-,11-10+/t13-,14-,15+,17-/m0/s1. The minimum absolute atomic E-state index is 0.0730. The van der Waals surface area contributed by atoms with E-state index in [2.05, 4.69) is 0 Å². The molecule has 5 heteroatoms. The third-order valence-electron chi connectivity index (χ3n) is 4.22. The highest BCUT2D eigenvalue weighted by molar-refractivity contribution is 5.84. The molecule has 0 spiro atoms. The van der Waals surface area contributed by atoms with Gasteiger partial charge in [0.05, 0.1) is 12.2 Å². The van der Waals surface area contributed by atoms with Crippen molar-refractivity contribution < 1.29 is 24.9 Å². The minimum Gasteiger partial charge on any atom is -0.481 e. The van der Waals surface area contributed by atoms with E-state index in [1.807, 2.05) is 19.1 Å². The normalized spacial score (nSPS) is 26.4. The molecule has 3 N–H and O–H groups in total. The fourth-order valence-electron chi connectivity index (χ4n) is 2.92. The molecule has 0 heterocycles. The number of carboxylic acids is 1.